The van der Waals surface area contributed by atoms with Gasteiger partial charge < -0.3 is 15.7 Å². The van der Waals surface area contributed by atoms with E-state index in [9.17, 15) is 5.11 Å². The minimum absolute atomic E-state index is 0.141. The normalized spacial score (nSPS) is 37.1. The Morgan fingerprint density at radius 3 is 2.44 bits per heavy atom. The second kappa shape index (κ2) is 5.03. The van der Waals surface area contributed by atoms with Crippen molar-refractivity contribution in [2.45, 2.75) is 69.0 Å². The van der Waals surface area contributed by atoms with E-state index in [-0.39, 0.29) is 12.1 Å². The van der Waals surface area contributed by atoms with Crippen LogP contribution in [0.1, 0.15) is 51.4 Å². The molecule has 0 aromatic heterocycles. The molecule has 3 N–H and O–H groups in total. The number of rotatable bonds is 3. The van der Waals surface area contributed by atoms with Crippen molar-refractivity contribution in [2.75, 3.05) is 13.7 Å². The Labute approximate surface area is 99.0 Å². The molecule has 0 radical (unpaired) electrons. The quantitative estimate of drug-likeness (QED) is 0.766. The van der Waals surface area contributed by atoms with Gasteiger partial charge in [0.05, 0.1) is 6.61 Å². The second-order valence-electron chi connectivity index (χ2n) is 5.87. The lowest BCUT2D eigenvalue weighted by Crippen LogP contribution is -2.53. The zero-order valence-electron chi connectivity index (χ0n) is 10.5. The standard InChI is InChI=1S/C13H26N2O/c1-15(11-5-2-3-6-11)12-7-4-8-13(14,9-12)10-16/h11-12,16H,2-10,14H2,1H3. The molecule has 2 aliphatic carbocycles. The van der Waals surface area contributed by atoms with Crippen molar-refractivity contribution in [3.63, 3.8) is 0 Å². The zero-order valence-corrected chi connectivity index (χ0v) is 10.5. The van der Waals surface area contributed by atoms with Crippen LogP contribution in [0.15, 0.2) is 0 Å². The number of aliphatic hydroxyl groups is 1. The smallest absolute Gasteiger partial charge is 0.0611 e. The van der Waals surface area contributed by atoms with Crippen LogP contribution < -0.4 is 5.73 Å². The van der Waals surface area contributed by atoms with Crippen molar-refractivity contribution in [3.05, 3.63) is 0 Å². The Bertz CT molecular complexity index is 228. The molecule has 16 heavy (non-hydrogen) atoms. The molecule has 94 valence electrons. The topological polar surface area (TPSA) is 49.5 Å². The van der Waals surface area contributed by atoms with Gasteiger partial charge in [0.15, 0.2) is 0 Å². The van der Waals surface area contributed by atoms with Crippen LogP contribution in [0.25, 0.3) is 0 Å². The van der Waals surface area contributed by atoms with Crippen LogP contribution in [0.4, 0.5) is 0 Å². The summed E-state index contributed by atoms with van der Waals surface area (Å²) in [5.41, 5.74) is 5.90. The van der Waals surface area contributed by atoms with Gasteiger partial charge in [-0.25, -0.2) is 0 Å². The number of hydrogen-bond acceptors (Lipinski definition) is 3. The Morgan fingerprint density at radius 2 is 1.81 bits per heavy atom. The third kappa shape index (κ3) is 2.58. The molecule has 3 nitrogen and oxygen atoms in total. The molecule has 2 saturated carbocycles. The van der Waals surface area contributed by atoms with E-state index in [1.807, 2.05) is 0 Å². The summed E-state index contributed by atoms with van der Waals surface area (Å²) in [6.45, 7) is 0.141. The van der Waals surface area contributed by atoms with Crippen LogP contribution in [0, 0.1) is 0 Å². The first kappa shape index (κ1) is 12.3. The largest absolute Gasteiger partial charge is 0.394 e. The highest BCUT2D eigenvalue weighted by Crippen LogP contribution is 2.32. The summed E-state index contributed by atoms with van der Waals surface area (Å²) in [7, 11) is 2.25. The monoisotopic (exact) mass is 226 g/mol. The first-order chi connectivity index (χ1) is 7.64. The van der Waals surface area contributed by atoms with Gasteiger partial charge in [-0.15, -0.1) is 0 Å². The molecule has 0 saturated heterocycles. The van der Waals surface area contributed by atoms with E-state index in [1.54, 1.807) is 0 Å². The molecule has 0 amide bonds. The summed E-state index contributed by atoms with van der Waals surface area (Å²) in [6, 6.07) is 1.36. The van der Waals surface area contributed by atoms with Crippen molar-refractivity contribution in [2.24, 2.45) is 5.73 Å². The lowest BCUT2D eigenvalue weighted by Gasteiger charge is -2.42. The van der Waals surface area contributed by atoms with Crippen LogP contribution in [0.5, 0.6) is 0 Å². The fourth-order valence-electron chi connectivity index (χ4n) is 3.46. The molecule has 0 aromatic rings. The molecule has 2 rings (SSSR count). The molecule has 0 spiro atoms. The molecule has 0 heterocycles. The highest BCUT2D eigenvalue weighted by atomic mass is 16.3. The highest BCUT2D eigenvalue weighted by molar-refractivity contribution is 4.94. The van der Waals surface area contributed by atoms with E-state index in [0.717, 1.165) is 18.9 Å². The summed E-state index contributed by atoms with van der Waals surface area (Å²) in [5, 5.41) is 9.37. The Hall–Kier alpha value is -0.120. The van der Waals surface area contributed by atoms with Crippen LogP contribution in [0.2, 0.25) is 0 Å². The molecule has 2 fully saturated rings. The van der Waals surface area contributed by atoms with E-state index in [2.05, 4.69) is 11.9 Å². The third-order valence-corrected chi connectivity index (χ3v) is 4.65. The summed E-state index contributed by atoms with van der Waals surface area (Å²) >= 11 is 0. The van der Waals surface area contributed by atoms with E-state index in [1.165, 1.54) is 38.5 Å². The summed E-state index contributed by atoms with van der Waals surface area (Å²) in [4.78, 5) is 2.55. The SMILES string of the molecule is CN(C1CCCC1)C1CCCC(N)(CO)C1. The van der Waals surface area contributed by atoms with E-state index >= 15 is 0 Å². The van der Waals surface area contributed by atoms with Crippen molar-refractivity contribution in [1.82, 2.24) is 4.90 Å². The predicted octanol–water partition coefficient (Wildman–Crippen LogP) is 1.49. The molecule has 2 aliphatic rings. The molecule has 3 heteroatoms. The zero-order chi connectivity index (χ0) is 11.6. The van der Waals surface area contributed by atoms with E-state index in [0.29, 0.717) is 6.04 Å². The van der Waals surface area contributed by atoms with Gasteiger partial charge in [-0.2, -0.15) is 0 Å². The van der Waals surface area contributed by atoms with Crippen LogP contribution >= 0.6 is 0 Å². The minimum Gasteiger partial charge on any atom is -0.394 e. The maximum Gasteiger partial charge on any atom is 0.0611 e. The third-order valence-electron chi connectivity index (χ3n) is 4.65. The van der Waals surface area contributed by atoms with Crippen LogP contribution in [-0.2, 0) is 0 Å². The van der Waals surface area contributed by atoms with Gasteiger partial charge in [-0.3, -0.25) is 0 Å². The molecule has 0 aromatic carbocycles. The molecular weight excluding hydrogens is 200 g/mol. The van der Waals surface area contributed by atoms with Crippen molar-refractivity contribution in [1.29, 1.82) is 0 Å². The van der Waals surface area contributed by atoms with E-state index in [4.69, 9.17) is 5.73 Å². The van der Waals surface area contributed by atoms with Crippen LogP contribution in [0.3, 0.4) is 0 Å². The number of nitrogens with zero attached hydrogens (tertiary/aromatic N) is 1. The van der Waals surface area contributed by atoms with Gasteiger partial charge in [-0.1, -0.05) is 12.8 Å². The second-order valence-corrected chi connectivity index (χ2v) is 5.87. The molecule has 0 aliphatic heterocycles. The van der Waals surface area contributed by atoms with Gasteiger partial charge in [0, 0.05) is 17.6 Å². The summed E-state index contributed by atoms with van der Waals surface area (Å²) < 4.78 is 0. The van der Waals surface area contributed by atoms with Crippen LogP contribution in [-0.4, -0.2) is 41.3 Å². The molecule has 2 atom stereocenters. The molecular formula is C13H26N2O. The van der Waals surface area contributed by atoms with Gasteiger partial charge in [0.25, 0.3) is 0 Å². The maximum absolute atomic E-state index is 9.37. The number of nitrogens with two attached hydrogens (primary N) is 1. The molecule has 2 unspecified atom stereocenters. The highest BCUT2D eigenvalue weighted by Gasteiger charge is 2.36. The minimum atomic E-state index is -0.310. The van der Waals surface area contributed by atoms with Gasteiger partial charge >= 0.3 is 0 Å². The maximum atomic E-state index is 9.37. The van der Waals surface area contributed by atoms with Gasteiger partial charge in [0.2, 0.25) is 0 Å². The molecule has 0 bridgehead atoms. The predicted molar refractivity (Wildman–Crippen MR) is 66.3 cm³/mol. The summed E-state index contributed by atoms with van der Waals surface area (Å²) in [5.74, 6) is 0. The lowest BCUT2D eigenvalue weighted by atomic mass is 9.79. The fraction of sp³-hybridized carbons (Fsp3) is 1.00. The van der Waals surface area contributed by atoms with Gasteiger partial charge in [0.1, 0.15) is 0 Å². The van der Waals surface area contributed by atoms with Gasteiger partial charge in [-0.05, 0) is 45.6 Å². The van der Waals surface area contributed by atoms with Crippen molar-refractivity contribution in [3.8, 4) is 0 Å². The fourth-order valence-corrected chi connectivity index (χ4v) is 3.46. The average molecular weight is 226 g/mol. The number of hydrogen-bond donors (Lipinski definition) is 2. The first-order valence-electron chi connectivity index (χ1n) is 6.76. The average Bonchev–Trinajstić information content (AvgIpc) is 2.82. The first-order valence-corrected chi connectivity index (χ1v) is 6.76. The Balaban J connectivity index is 1.92. The van der Waals surface area contributed by atoms with E-state index < -0.39 is 0 Å². The van der Waals surface area contributed by atoms with Crippen molar-refractivity contribution >= 4 is 0 Å². The van der Waals surface area contributed by atoms with Crippen molar-refractivity contribution < 1.29 is 5.11 Å². The number of aliphatic hydroxyl groups excluding tert-OH is 1. The Morgan fingerprint density at radius 1 is 1.19 bits per heavy atom. The lowest BCUT2D eigenvalue weighted by molar-refractivity contribution is 0.0736. The summed E-state index contributed by atoms with van der Waals surface area (Å²) in [6.07, 6.45) is 9.85. The Kier molecular flexibility index (Phi) is 3.88.